The molecule has 0 saturated carbocycles. The van der Waals surface area contributed by atoms with Crippen LogP contribution in [0, 0.1) is 0 Å². The molecule has 1 saturated heterocycles. The number of benzene rings is 1. The molecule has 0 unspecified atom stereocenters. The topological polar surface area (TPSA) is 50.3 Å². The molecular formula is C13H14F2N4O. The number of ether oxygens (including phenoxy) is 1. The summed E-state index contributed by atoms with van der Waals surface area (Å²) in [5.41, 5.74) is 3.64. The molecule has 1 N–H and O–H groups in total. The van der Waals surface area contributed by atoms with Crippen LogP contribution in [0.2, 0.25) is 0 Å². The molecule has 0 spiro atoms. The van der Waals surface area contributed by atoms with E-state index in [-0.39, 0.29) is 0 Å². The summed E-state index contributed by atoms with van der Waals surface area (Å²) in [7, 11) is 0. The van der Waals surface area contributed by atoms with Gasteiger partial charge in [0.2, 0.25) is 0 Å². The van der Waals surface area contributed by atoms with Crippen molar-refractivity contribution in [1.82, 2.24) is 15.4 Å². The van der Waals surface area contributed by atoms with Gasteiger partial charge < -0.3 is 4.74 Å². The van der Waals surface area contributed by atoms with Gasteiger partial charge in [0.15, 0.2) is 11.6 Å². The normalized spacial score (nSPS) is 16.6. The van der Waals surface area contributed by atoms with E-state index in [2.05, 4.69) is 15.4 Å². The van der Waals surface area contributed by atoms with E-state index >= 15 is 0 Å². The van der Waals surface area contributed by atoms with E-state index in [4.69, 9.17) is 4.74 Å². The second kappa shape index (κ2) is 5.64. The minimum atomic E-state index is -2.69. The number of halogens is 2. The van der Waals surface area contributed by atoms with Gasteiger partial charge in [-0.3, -0.25) is 5.01 Å². The third-order valence-corrected chi connectivity index (χ3v) is 3.06. The summed E-state index contributed by atoms with van der Waals surface area (Å²) >= 11 is 0. The molecule has 1 aromatic heterocycles. The maximum atomic E-state index is 12.9. The Morgan fingerprint density at radius 3 is 2.90 bits per heavy atom. The number of para-hydroxylation sites is 1. The Labute approximate surface area is 114 Å². The van der Waals surface area contributed by atoms with Crippen molar-refractivity contribution < 1.29 is 13.5 Å². The Hall–Kier alpha value is -1.86. The predicted octanol–water partition coefficient (Wildman–Crippen LogP) is 1.91. The van der Waals surface area contributed by atoms with E-state index in [1.165, 1.54) is 0 Å². The molecule has 20 heavy (non-hydrogen) atoms. The Morgan fingerprint density at radius 2 is 2.05 bits per heavy atom. The van der Waals surface area contributed by atoms with Crippen LogP contribution in [0.4, 0.5) is 14.6 Å². The third-order valence-electron chi connectivity index (χ3n) is 3.06. The zero-order valence-corrected chi connectivity index (χ0v) is 10.7. The fraction of sp³-hybridized carbons (Fsp3) is 0.385. The van der Waals surface area contributed by atoms with Crippen LogP contribution in [0.15, 0.2) is 24.3 Å². The summed E-state index contributed by atoms with van der Waals surface area (Å²) < 4.78 is 31.2. The van der Waals surface area contributed by atoms with E-state index in [1.54, 1.807) is 17.1 Å². The van der Waals surface area contributed by atoms with E-state index in [0.29, 0.717) is 37.6 Å². The van der Waals surface area contributed by atoms with Crippen LogP contribution >= 0.6 is 0 Å². The van der Waals surface area contributed by atoms with Gasteiger partial charge in [-0.25, -0.2) is 24.2 Å². The second-order valence-electron chi connectivity index (χ2n) is 4.40. The van der Waals surface area contributed by atoms with Gasteiger partial charge in [0.05, 0.1) is 25.3 Å². The first-order valence-electron chi connectivity index (χ1n) is 6.39. The van der Waals surface area contributed by atoms with Crippen molar-refractivity contribution in [3.8, 4) is 0 Å². The molecule has 7 heteroatoms. The van der Waals surface area contributed by atoms with Gasteiger partial charge in [-0.05, 0) is 12.1 Å². The zero-order valence-electron chi connectivity index (χ0n) is 10.7. The standard InChI is InChI=1S/C13H14F2N4O/c14-11(15)12-17-10-4-2-1-3-9(10)13(18-12)19-6-8-20-7-5-16-19/h1-4,11,16H,5-8H2. The molecule has 106 valence electrons. The molecular weight excluding hydrogens is 266 g/mol. The lowest BCUT2D eigenvalue weighted by atomic mass is 10.2. The lowest BCUT2D eigenvalue weighted by Gasteiger charge is -2.23. The Morgan fingerprint density at radius 1 is 1.20 bits per heavy atom. The molecule has 0 amide bonds. The fourth-order valence-corrected chi connectivity index (χ4v) is 2.15. The van der Waals surface area contributed by atoms with Crippen molar-refractivity contribution in [2.45, 2.75) is 6.43 Å². The number of nitrogens with zero attached hydrogens (tertiary/aromatic N) is 3. The molecule has 0 bridgehead atoms. The molecule has 1 aliphatic rings. The molecule has 5 nitrogen and oxygen atoms in total. The predicted molar refractivity (Wildman–Crippen MR) is 70.7 cm³/mol. The number of alkyl halides is 2. The smallest absolute Gasteiger partial charge is 0.297 e. The van der Waals surface area contributed by atoms with Crippen LogP contribution in [0.3, 0.4) is 0 Å². The first-order valence-corrected chi connectivity index (χ1v) is 6.39. The number of hydrogen-bond acceptors (Lipinski definition) is 5. The van der Waals surface area contributed by atoms with Gasteiger partial charge in [-0.15, -0.1) is 0 Å². The lowest BCUT2D eigenvalue weighted by molar-refractivity contribution is 0.141. The zero-order chi connectivity index (χ0) is 13.9. The third kappa shape index (κ3) is 2.54. The molecule has 0 aliphatic carbocycles. The minimum absolute atomic E-state index is 0.453. The number of aromatic nitrogens is 2. The van der Waals surface area contributed by atoms with E-state index < -0.39 is 12.2 Å². The van der Waals surface area contributed by atoms with Gasteiger partial charge in [-0.2, -0.15) is 0 Å². The minimum Gasteiger partial charge on any atom is -0.378 e. The molecule has 2 heterocycles. The van der Waals surface area contributed by atoms with E-state index in [1.807, 2.05) is 12.1 Å². The summed E-state index contributed by atoms with van der Waals surface area (Å²) in [6.45, 7) is 2.27. The van der Waals surface area contributed by atoms with Crippen LogP contribution in [0.1, 0.15) is 12.2 Å². The van der Waals surface area contributed by atoms with Crippen molar-refractivity contribution in [3.63, 3.8) is 0 Å². The largest absolute Gasteiger partial charge is 0.378 e. The average molecular weight is 280 g/mol. The lowest BCUT2D eigenvalue weighted by Crippen LogP contribution is -2.40. The first kappa shape index (κ1) is 13.1. The van der Waals surface area contributed by atoms with Crippen molar-refractivity contribution in [2.24, 2.45) is 0 Å². The van der Waals surface area contributed by atoms with E-state index in [0.717, 1.165) is 5.39 Å². The van der Waals surface area contributed by atoms with E-state index in [9.17, 15) is 8.78 Å². The SMILES string of the molecule is FC(F)c1nc(N2CCOCCN2)c2ccccc2n1. The van der Waals surface area contributed by atoms with Gasteiger partial charge in [0.25, 0.3) is 6.43 Å². The highest BCUT2D eigenvalue weighted by Crippen LogP contribution is 2.26. The van der Waals surface area contributed by atoms with Crippen molar-refractivity contribution in [1.29, 1.82) is 0 Å². The number of fused-ring (bicyclic) bond motifs is 1. The maximum Gasteiger partial charge on any atom is 0.297 e. The quantitative estimate of drug-likeness (QED) is 0.910. The van der Waals surface area contributed by atoms with Crippen LogP contribution in [0.5, 0.6) is 0 Å². The summed E-state index contributed by atoms with van der Waals surface area (Å²) in [5.74, 6) is 0.0158. The van der Waals surface area contributed by atoms with Gasteiger partial charge in [0, 0.05) is 11.9 Å². The van der Waals surface area contributed by atoms with Crippen LogP contribution in [-0.4, -0.2) is 36.3 Å². The molecule has 0 radical (unpaired) electrons. The summed E-state index contributed by atoms with van der Waals surface area (Å²) in [5, 5.41) is 2.49. The summed E-state index contributed by atoms with van der Waals surface area (Å²) in [6, 6.07) is 7.15. The van der Waals surface area contributed by atoms with Gasteiger partial charge >= 0.3 is 0 Å². The van der Waals surface area contributed by atoms with Gasteiger partial charge in [-0.1, -0.05) is 12.1 Å². The summed E-state index contributed by atoms with van der Waals surface area (Å²) in [6.07, 6.45) is -2.69. The molecule has 1 fully saturated rings. The van der Waals surface area contributed by atoms with Crippen molar-refractivity contribution in [3.05, 3.63) is 30.1 Å². The molecule has 0 atom stereocenters. The highest BCUT2D eigenvalue weighted by molar-refractivity contribution is 5.89. The number of hydrazine groups is 1. The number of hydrogen-bond donors (Lipinski definition) is 1. The highest BCUT2D eigenvalue weighted by atomic mass is 19.3. The first-order chi connectivity index (χ1) is 9.75. The fourth-order valence-electron chi connectivity index (χ4n) is 2.15. The Balaban J connectivity index is 2.11. The molecule has 1 aromatic carbocycles. The van der Waals surface area contributed by atoms with Crippen LogP contribution in [0.25, 0.3) is 10.9 Å². The van der Waals surface area contributed by atoms with Gasteiger partial charge in [0.1, 0.15) is 0 Å². The second-order valence-corrected chi connectivity index (χ2v) is 4.40. The Bertz CT molecular complexity index is 600. The van der Waals surface area contributed by atoms with Crippen LogP contribution in [-0.2, 0) is 4.74 Å². The monoisotopic (exact) mass is 280 g/mol. The van der Waals surface area contributed by atoms with Crippen molar-refractivity contribution >= 4 is 16.7 Å². The van der Waals surface area contributed by atoms with Crippen LogP contribution < -0.4 is 10.4 Å². The molecule has 1 aliphatic heterocycles. The molecule has 2 aromatic rings. The summed E-state index contributed by atoms with van der Waals surface area (Å²) in [4.78, 5) is 7.92. The average Bonchev–Trinajstić information content (AvgIpc) is 2.75. The maximum absolute atomic E-state index is 12.9. The highest BCUT2D eigenvalue weighted by Gasteiger charge is 2.19. The number of anilines is 1. The Kier molecular flexibility index (Phi) is 3.70. The number of rotatable bonds is 2. The number of nitrogens with one attached hydrogen (secondary N) is 1. The van der Waals surface area contributed by atoms with Crippen molar-refractivity contribution in [2.75, 3.05) is 31.3 Å². The molecule has 3 rings (SSSR count).